The van der Waals surface area contributed by atoms with Crippen molar-refractivity contribution in [2.75, 3.05) is 0 Å². The number of aromatic hydroxyl groups is 1. The maximum atomic E-state index is 13.7. The molecule has 3 N–H and O–H groups in total. The number of halogens is 2. The minimum absolute atomic E-state index is 0.0704. The van der Waals surface area contributed by atoms with Gasteiger partial charge in [0.2, 0.25) is 5.91 Å². The highest BCUT2D eigenvalue weighted by Gasteiger charge is 2.35. The second-order valence-corrected chi connectivity index (χ2v) is 9.76. The van der Waals surface area contributed by atoms with Crippen molar-refractivity contribution in [1.82, 2.24) is 15.1 Å². The van der Waals surface area contributed by atoms with E-state index in [1.54, 1.807) is 41.1 Å². The number of nitrogens with zero attached hydrogens (tertiary/aromatic N) is 2. The molecular weight excluding hydrogens is 509 g/mol. The number of nitrogens with one attached hydrogen (secondary N) is 1. The van der Waals surface area contributed by atoms with Crippen molar-refractivity contribution in [3.63, 3.8) is 0 Å². The highest BCUT2D eigenvalue weighted by Crippen LogP contribution is 2.39. The number of carbonyl (C=O) groups is 2. The summed E-state index contributed by atoms with van der Waals surface area (Å²) < 4.78 is 15.4. The molecule has 0 bridgehead atoms. The predicted octanol–water partition coefficient (Wildman–Crippen LogP) is 5.27. The second-order valence-electron chi connectivity index (χ2n) is 9.32. The standard InChI is InChI=1S/C29H25ClFN3O4/c30-19-8-6-18(7-9-19)27-23-2-1-3-24(26(23)33-34(27)21-12-10-20(31)11-13-21)28(36)32-25(29(37)38)16-17-4-14-22(35)15-5-17/h4-15,24-25,35H,1-3,16H2,(H,32,36)(H,37,38). The van der Waals surface area contributed by atoms with Gasteiger partial charge in [-0.15, -0.1) is 0 Å². The van der Waals surface area contributed by atoms with E-state index in [2.05, 4.69) is 5.32 Å². The van der Waals surface area contributed by atoms with E-state index in [0.717, 1.165) is 23.2 Å². The van der Waals surface area contributed by atoms with Gasteiger partial charge in [-0.25, -0.2) is 13.9 Å². The molecule has 2 unspecified atom stereocenters. The number of aromatic nitrogens is 2. The average molecular weight is 534 g/mol. The lowest BCUT2D eigenvalue weighted by atomic mass is 9.85. The number of carboxylic acids is 1. The number of aliphatic carboxylic acids is 1. The van der Waals surface area contributed by atoms with E-state index in [1.807, 2.05) is 12.1 Å². The van der Waals surface area contributed by atoms with E-state index in [0.29, 0.717) is 34.8 Å². The molecule has 2 atom stereocenters. The number of fused-ring (bicyclic) bond motifs is 1. The van der Waals surface area contributed by atoms with Crippen molar-refractivity contribution in [2.24, 2.45) is 0 Å². The fourth-order valence-corrected chi connectivity index (χ4v) is 5.01. The van der Waals surface area contributed by atoms with Crippen LogP contribution in [0.5, 0.6) is 5.75 Å². The summed E-state index contributed by atoms with van der Waals surface area (Å²) in [7, 11) is 0. The second kappa shape index (κ2) is 10.7. The Hall–Kier alpha value is -4.17. The Bertz CT molecular complexity index is 1470. The van der Waals surface area contributed by atoms with Crippen molar-refractivity contribution < 1.29 is 24.2 Å². The maximum Gasteiger partial charge on any atom is 0.326 e. The van der Waals surface area contributed by atoms with Crippen molar-refractivity contribution >= 4 is 23.5 Å². The Morgan fingerprint density at radius 3 is 2.39 bits per heavy atom. The quantitative estimate of drug-likeness (QED) is 0.300. The molecule has 0 saturated heterocycles. The van der Waals surface area contributed by atoms with Crippen molar-refractivity contribution in [3.8, 4) is 22.7 Å². The van der Waals surface area contributed by atoms with Crippen LogP contribution in [-0.2, 0) is 22.4 Å². The first-order valence-electron chi connectivity index (χ1n) is 12.2. The van der Waals surface area contributed by atoms with Crippen molar-refractivity contribution in [3.05, 3.63) is 100 Å². The Morgan fingerprint density at radius 2 is 1.74 bits per heavy atom. The average Bonchev–Trinajstić information content (AvgIpc) is 3.30. The molecule has 0 saturated carbocycles. The molecule has 5 rings (SSSR count). The first-order chi connectivity index (χ1) is 18.3. The van der Waals surface area contributed by atoms with E-state index in [9.17, 15) is 24.2 Å². The van der Waals surface area contributed by atoms with Crippen LogP contribution in [0.25, 0.3) is 16.9 Å². The normalized spacial score (nSPS) is 15.5. The third kappa shape index (κ3) is 5.26. The topological polar surface area (TPSA) is 104 Å². The molecule has 1 aliphatic carbocycles. The number of rotatable bonds is 7. The van der Waals surface area contributed by atoms with Crippen molar-refractivity contribution in [2.45, 2.75) is 37.6 Å². The lowest BCUT2D eigenvalue weighted by molar-refractivity contribution is -0.142. The Kier molecular flexibility index (Phi) is 7.15. The number of carboxylic acid groups (broad SMARTS) is 1. The summed E-state index contributed by atoms with van der Waals surface area (Å²) in [6.45, 7) is 0. The van der Waals surface area contributed by atoms with Gasteiger partial charge < -0.3 is 15.5 Å². The molecule has 38 heavy (non-hydrogen) atoms. The number of carbonyl (C=O) groups excluding carboxylic acids is 1. The summed E-state index contributed by atoms with van der Waals surface area (Å²) in [6.07, 6.45) is 2.00. The van der Waals surface area contributed by atoms with E-state index in [1.165, 1.54) is 24.3 Å². The van der Waals surface area contributed by atoms with Gasteiger partial charge >= 0.3 is 5.97 Å². The van der Waals surface area contributed by atoms with E-state index < -0.39 is 23.8 Å². The smallest absolute Gasteiger partial charge is 0.326 e. The molecule has 3 aromatic carbocycles. The minimum Gasteiger partial charge on any atom is -0.508 e. The van der Waals surface area contributed by atoms with Crippen LogP contribution in [0.1, 0.15) is 35.6 Å². The number of hydrogen-bond acceptors (Lipinski definition) is 4. The first-order valence-corrected chi connectivity index (χ1v) is 12.6. The highest BCUT2D eigenvalue weighted by atomic mass is 35.5. The number of phenolic OH excluding ortho intramolecular Hbond substituents is 1. The van der Waals surface area contributed by atoms with E-state index >= 15 is 0 Å². The largest absolute Gasteiger partial charge is 0.508 e. The number of phenols is 1. The molecular formula is C29H25ClFN3O4. The van der Waals surface area contributed by atoms with Gasteiger partial charge in [-0.3, -0.25) is 4.79 Å². The molecule has 194 valence electrons. The number of hydrogen-bond donors (Lipinski definition) is 3. The molecule has 9 heteroatoms. The van der Waals surface area contributed by atoms with Crippen LogP contribution in [0, 0.1) is 5.82 Å². The lowest BCUT2D eigenvalue weighted by Crippen LogP contribution is -2.45. The lowest BCUT2D eigenvalue weighted by Gasteiger charge is -2.23. The fourth-order valence-electron chi connectivity index (χ4n) is 4.88. The third-order valence-electron chi connectivity index (χ3n) is 6.76. The molecule has 1 amide bonds. The van der Waals surface area contributed by atoms with Crippen LogP contribution >= 0.6 is 11.6 Å². The summed E-state index contributed by atoms with van der Waals surface area (Å²) >= 11 is 6.12. The SMILES string of the molecule is O=C(O)C(Cc1ccc(O)cc1)NC(=O)C1CCCc2c1nn(-c1ccc(F)cc1)c2-c1ccc(Cl)cc1. The first kappa shape index (κ1) is 25.5. The van der Waals surface area contributed by atoms with Gasteiger partial charge in [0, 0.05) is 22.6 Å². The van der Waals surface area contributed by atoms with E-state index in [-0.39, 0.29) is 18.0 Å². The number of benzene rings is 3. The zero-order valence-electron chi connectivity index (χ0n) is 20.3. The minimum atomic E-state index is -1.15. The van der Waals surface area contributed by atoms with Crippen LogP contribution in [0.2, 0.25) is 5.02 Å². The van der Waals surface area contributed by atoms with Crippen LogP contribution in [0.3, 0.4) is 0 Å². The van der Waals surface area contributed by atoms with Gasteiger partial charge in [-0.05, 0) is 73.4 Å². The summed E-state index contributed by atoms with van der Waals surface area (Å²) in [5.41, 5.74) is 4.43. The molecule has 1 heterocycles. The van der Waals surface area contributed by atoms with Gasteiger partial charge in [0.1, 0.15) is 17.6 Å². The maximum absolute atomic E-state index is 13.7. The molecule has 1 aliphatic rings. The number of amides is 1. The molecule has 0 aliphatic heterocycles. The Balaban J connectivity index is 1.50. The summed E-state index contributed by atoms with van der Waals surface area (Å²) in [4.78, 5) is 25.5. The molecule has 7 nitrogen and oxygen atoms in total. The van der Waals surface area contributed by atoms with Gasteiger partial charge in [-0.1, -0.05) is 35.9 Å². The monoisotopic (exact) mass is 533 g/mol. The molecule has 0 fully saturated rings. The van der Waals surface area contributed by atoms with Crippen LogP contribution in [0.15, 0.2) is 72.8 Å². The Labute approximate surface area is 223 Å². The third-order valence-corrected chi connectivity index (χ3v) is 7.01. The summed E-state index contributed by atoms with van der Waals surface area (Å²) in [6, 6.07) is 18.3. The predicted molar refractivity (Wildman–Crippen MR) is 141 cm³/mol. The van der Waals surface area contributed by atoms with E-state index in [4.69, 9.17) is 16.7 Å². The van der Waals surface area contributed by atoms with Gasteiger partial charge in [0.05, 0.1) is 23.0 Å². The molecule has 0 spiro atoms. The zero-order valence-corrected chi connectivity index (χ0v) is 21.0. The van der Waals surface area contributed by atoms with Gasteiger partial charge in [-0.2, -0.15) is 5.10 Å². The van der Waals surface area contributed by atoms with Crippen LogP contribution in [0.4, 0.5) is 4.39 Å². The van der Waals surface area contributed by atoms with Gasteiger partial charge in [0.15, 0.2) is 0 Å². The Morgan fingerprint density at radius 1 is 1.05 bits per heavy atom. The van der Waals surface area contributed by atoms with Crippen LogP contribution < -0.4 is 5.32 Å². The fraction of sp³-hybridized carbons (Fsp3) is 0.207. The molecule has 4 aromatic rings. The molecule has 1 aromatic heterocycles. The van der Waals surface area contributed by atoms with Gasteiger partial charge in [0.25, 0.3) is 0 Å². The highest BCUT2D eigenvalue weighted by molar-refractivity contribution is 6.30. The molecule has 0 radical (unpaired) electrons. The van der Waals surface area contributed by atoms with Crippen LogP contribution in [-0.4, -0.2) is 37.9 Å². The van der Waals surface area contributed by atoms with Crippen molar-refractivity contribution in [1.29, 1.82) is 0 Å². The summed E-state index contributed by atoms with van der Waals surface area (Å²) in [5, 5.41) is 27.4. The zero-order chi connectivity index (χ0) is 26.8. The summed E-state index contributed by atoms with van der Waals surface area (Å²) in [5.74, 6) is -2.50.